The molecule has 1 fully saturated rings. The molecule has 0 bridgehead atoms. The Hall–Kier alpha value is -3.55. The zero-order valence-electron chi connectivity index (χ0n) is 16.8. The highest BCUT2D eigenvalue weighted by Gasteiger charge is 2.27. The van der Waals surface area contributed by atoms with Gasteiger partial charge in [0, 0.05) is 41.3 Å². The predicted octanol–water partition coefficient (Wildman–Crippen LogP) is 4.46. The van der Waals surface area contributed by atoms with Crippen LogP contribution >= 0.6 is 0 Å². The molecule has 3 aromatic heterocycles. The molecule has 1 aliphatic carbocycles. The molecule has 0 spiro atoms. The number of hydrogen-bond acceptors (Lipinski definition) is 5. The van der Waals surface area contributed by atoms with Gasteiger partial charge in [0.05, 0.1) is 0 Å². The average molecular weight is 419 g/mol. The third kappa shape index (κ3) is 4.19. The van der Waals surface area contributed by atoms with Gasteiger partial charge in [0.25, 0.3) is 5.91 Å². The van der Waals surface area contributed by atoms with Crippen molar-refractivity contribution in [1.29, 1.82) is 0 Å². The zero-order valence-corrected chi connectivity index (χ0v) is 16.8. The summed E-state index contributed by atoms with van der Waals surface area (Å²) in [6.45, 7) is 0.612. The quantitative estimate of drug-likeness (QED) is 0.498. The molecule has 8 heteroatoms. The number of nitrogens with one attached hydrogen (secondary N) is 2. The predicted molar refractivity (Wildman–Crippen MR) is 113 cm³/mol. The number of aromatic nitrogens is 4. The molecule has 1 aliphatic rings. The van der Waals surface area contributed by atoms with Crippen molar-refractivity contribution >= 4 is 16.8 Å². The number of benzene rings is 1. The van der Waals surface area contributed by atoms with Crippen LogP contribution in [0.15, 0.2) is 53.2 Å². The highest BCUT2D eigenvalue weighted by molar-refractivity contribution is 5.98. The number of carbonyl (C=O) groups is 1. The lowest BCUT2D eigenvalue weighted by atomic mass is 9.82. The first-order valence-corrected chi connectivity index (χ1v) is 10.5. The minimum atomic E-state index is -0.327. The van der Waals surface area contributed by atoms with Gasteiger partial charge in [0.2, 0.25) is 11.8 Å². The standard InChI is InChI=1S/C23H22FN5O2/c24-18-6-5-17-11-20(27-19(17)12-18)21(30)26-13-14-1-3-15(4-2-14)22-28-29-23(31-22)16-7-9-25-10-8-16/h5-12,14-15,27H,1-4,13H2,(H,26,30). The third-order valence-electron chi connectivity index (χ3n) is 5.94. The summed E-state index contributed by atoms with van der Waals surface area (Å²) in [5, 5.41) is 12.2. The van der Waals surface area contributed by atoms with Crippen molar-refractivity contribution in [3.63, 3.8) is 0 Å². The van der Waals surface area contributed by atoms with Crippen LogP contribution in [0.5, 0.6) is 0 Å². The molecule has 31 heavy (non-hydrogen) atoms. The van der Waals surface area contributed by atoms with Crippen molar-refractivity contribution in [3.8, 4) is 11.5 Å². The SMILES string of the molecule is O=C(NCC1CCC(c2nnc(-c3ccncc3)o2)CC1)c1cc2ccc(F)cc2[nH]1. The van der Waals surface area contributed by atoms with Gasteiger partial charge in [-0.25, -0.2) is 4.39 Å². The van der Waals surface area contributed by atoms with Crippen molar-refractivity contribution in [2.75, 3.05) is 6.54 Å². The summed E-state index contributed by atoms with van der Waals surface area (Å²) >= 11 is 0. The Morgan fingerprint density at radius 2 is 1.90 bits per heavy atom. The van der Waals surface area contributed by atoms with Gasteiger partial charge >= 0.3 is 0 Å². The molecule has 158 valence electrons. The Morgan fingerprint density at radius 1 is 1.10 bits per heavy atom. The molecule has 0 unspecified atom stereocenters. The number of amides is 1. The van der Waals surface area contributed by atoms with E-state index < -0.39 is 0 Å². The average Bonchev–Trinajstić information content (AvgIpc) is 3.46. The van der Waals surface area contributed by atoms with E-state index in [0.29, 0.717) is 35.5 Å². The number of hydrogen-bond donors (Lipinski definition) is 2. The molecule has 1 aromatic carbocycles. The Kier molecular flexibility index (Phi) is 5.19. The van der Waals surface area contributed by atoms with Crippen LogP contribution in [0, 0.1) is 11.7 Å². The fourth-order valence-corrected chi connectivity index (χ4v) is 4.18. The van der Waals surface area contributed by atoms with Gasteiger partial charge in [-0.05, 0) is 68.0 Å². The second-order valence-corrected chi connectivity index (χ2v) is 8.02. The third-order valence-corrected chi connectivity index (χ3v) is 5.94. The molecule has 1 saturated carbocycles. The number of fused-ring (bicyclic) bond motifs is 1. The van der Waals surface area contributed by atoms with E-state index in [0.717, 1.165) is 36.6 Å². The molecule has 1 amide bonds. The largest absolute Gasteiger partial charge is 0.420 e. The first-order chi connectivity index (χ1) is 15.2. The lowest BCUT2D eigenvalue weighted by Crippen LogP contribution is -2.31. The van der Waals surface area contributed by atoms with Crippen molar-refractivity contribution in [3.05, 3.63) is 66.2 Å². The smallest absolute Gasteiger partial charge is 0.267 e. The second kappa shape index (κ2) is 8.29. The van der Waals surface area contributed by atoms with Gasteiger partial charge in [-0.2, -0.15) is 0 Å². The maximum atomic E-state index is 13.3. The van der Waals surface area contributed by atoms with Crippen LogP contribution in [0.25, 0.3) is 22.4 Å². The summed E-state index contributed by atoms with van der Waals surface area (Å²) in [7, 11) is 0. The van der Waals surface area contributed by atoms with E-state index in [-0.39, 0.29) is 17.6 Å². The van der Waals surface area contributed by atoms with E-state index in [2.05, 4.69) is 25.5 Å². The van der Waals surface area contributed by atoms with Crippen molar-refractivity contribution in [1.82, 2.24) is 25.5 Å². The number of halogens is 1. The van der Waals surface area contributed by atoms with Gasteiger partial charge in [0.15, 0.2) is 0 Å². The first kappa shape index (κ1) is 19.4. The van der Waals surface area contributed by atoms with Crippen LogP contribution in [0.2, 0.25) is 0 Å². The lowest BCUT2D eigenvalue weighted by Gasteiger charge is -2.26. The Morgan fingerprint density at radius 3 is 2.71 bits per heavy atom. The summed E-state index contributed by atoms with van der Waals surface area (Å²) in [4.78, 5) is 19.5. The molecule has 7 nitrogen and oxygen atoms in total. The van der Waals surface area contributed by atoms with E-state index in [9.17, 15) is 9.18 Å². The molecule has 0 aliphatic heterocycles. The molecule has 0 radical (unpaired) electrons. The monoisotopic (exact) mass is 419 g/mol. The minimum absolute atomic E-state index is 0.169. The highest BCUT2D eigenvalue weighted by atomic mass is 19.1. The number of pyridine rings is 1. The Balaban J connectivity index is 1.14. The lowest BCUT2D eigenvalue weighted by molar-refractivity contribution is 0.0938. The van der Waals surface area contributed by atoms with Crippen molar-refractivity contribution < 1.29 is 13.6 Å². The normalized spacial score (nSPS) is 18.9. The van der Waals surface area contributed by atoms with Crippen LogP contribution in [0.1, 0.15) is 48.0 Å². The maximum absolute atomic E-state index is 13.3. The molecular weight excluding hydrogens is 397 g/mol. The summed E-state index contributed by atoms with van der Waals surface area (Å²) in [5.41, 5.74) is 1.94. The van der Waals surface area contributed by atoms with Gasteiger partial charge in [-0.15, -0.1) is 10.2 Å². The summed E-state index contributed by atoms with van der Waals surface area (Å²) < 4.78 is 19.2. The number of aromatic amines is 1. The number of rotatable bonds is 5. The van der Waals surface area contributed by atoms with Crippen molar-refractivity contribution in [2.24, 2.45) is 5.92 Å². The zero-order chi connectivity index (χ0) is 21.2. The van der Waals surface area contributed by atoms with E-state index in [4.69, 9.17) is 4.42 Å². The molecule has 0 atom stereocenters. The molecule has 3 heterocycles. The fraction of sp³-hybridized carbons (Fsp3) is 0.304. The summed E-state index contributed by atoms with van der Waals surface area (Å²) in [6.07, 6.45) is 7.26. The summed E-state index contributed by atoms with van der Waals surface area (Å²) in [5.74, 6) is 1.36. The van der Waals surface area contributed by atoms with Gasteiger partial charge in [0.1, 0.15) is 11.5 Å². The molecule has 4 aromatic rings. The Labute approximate surface area is 178 Å². The number of nitrogens with zero attached hydrogens (tertiary/aromatic N) is 3. The number of carbonyl (C=O) groups excluding carboxylic acids is 1. The summed E-state index contributed by atoms with van der Waals surface area (Å²) in [6, 6.07) is 9.89. The van der Waals surface area contributed by atoms with Gasteiger partial charge in [-0.3, -0.25) is 9.78 Å². The van der Waals surface area contributed by atoms with Crippen molar-refractivity contribution in [2.45, 2.75) is 31.6 Å². The highest BCUT2D eigenvalue weighted by Crippen LogP contribution is 2.35. The maximum Gasteiger partial charge on any atom is 0.267 e. The van der Waals surface area contributed by atoms with Crippen LogP contribution in [-0.4, -0.2) is 32.6 Å². The Bertz CT molecular complexity index is 1200. The van der Waals surface area contributed by atoms with Crippen LogP contribution in [-0.2, 0) is 0 Å². The molecule has 5 rings (SSSR count). The minimum Gasteiger partial charge on any atom is -0.420 e. The van der Waals surface area contributed by atoms with E-state index >= 15 is 0 Å². The van der Waals surface area contributed by atoms with E-state index in [1.165, 1.54) is 12.1 Å². The fourth-order valence-electron chi connectivity index (χ4n) is 4.18. The van der Waals surface area contributed by atoms with Crippen LogP contribution in [0.4, 0.5) is 4.39 Å². The molecule has 0 saturated heterocycles. The van der Waals surface area contributed by atoms with Gasteiger partial charge in [-0.1, -0.05) is 0 Å². The number of H-pyrrole nitrogens is 1. The van der Waals surface area contributed by atoms with Crippen LogP contribution in [0.3, 0.4) is 0 Å². The van der Waals surface area contributed by atoms with Gasteiger partial charge < -0.3 is 14.7 Å². The van der Waals surface area contributed by atoms with E-state index in [1.807, 2.05) is 12.1 Å². The molecule has 2 N–H and O–H groups in total. The van der Waals surface area contributed by atoms with Crippen LogP contribution < -0.4 is 5.32 Å². The molecular formula is C23H22FN5O2. The van der Waals surface area contributed by atoms with E-state index in [1.54, 1.807) is 24.5 Å². The topological polar surface area (TPSA) is 96.7 Å². The first-order valence-electron chi connectivity index (χ1n) is 10.5. The second-order valence-electron chi connectivity index (χ2n) is 8.02.